The average Bonchev–Trinajstić information content (AvgIpc) is 2.58. The first-order valence-electron chi connectivity index (χ1n) is 7.82. The molecule has 2 rings (SSSR count). The van der Waals surface area contributed by atoms with E-state index in [1.54, 1.807) is 35.2 Å². The predicted molar refractivity (Wildman–Crippen MR) is 88.9 cm³/mol. The number of halogens is 4. The minimum absolute atomic E-state index is 0.214. The van der Waals surface area contributed by atoms with Gasteiger partial charge in [0.2, 0.25) is 11.8 Å². The van der Waals surface area contributed by atoms with Crippen molar-refractivity contribution in [2.24, 2.45) is 5.92 Å². The van der Waals surface area contributed by atoms with E-state index in [0.29, 0.717) is 31.0 Å². The van der Waals surface area contributed by atoms with Gasteiger partial charge in [-0.05, 0) is 30.5 Å². The van der Waals surface area contributed by atoms with Gasteiger partial charge in [-0.25, -0.2) is 0 Å². The van der Waals surface area contributed by atoms with E-state index in [9.17, 15) is 22.8 Å². The first kappa shape index (κ1) is 19.3. The summed E-state index contributed by atoms with van der Waals surface area (Å²) < 4.78 is 36.4. The lowest BCUT2D eigenvalue weighted by molar-refractivity contribution is -0.142. The van der Waals surface area contributed by atoms with E-state index in [4.69, 9.17) is 11.6 Å². The quantitative estimate of drug-likeness (QED) is 0.822. The lowest BCUT2D eigenvalue weighted by Gasteiger charge is -2.30. The van der Waals surface area contributed by atoms with Crippen molar-refractivity contribution in [2.45, 2.75) is 19.0 Å². The Morgan fingerprint density at radius 2 is 1.88 bits per heavy atom. The number of carbonyl (C=O) groups is 2. The van der Waals surface area contributed by atoms with Crippen LogP contribution >= 0.6 is 11.6 Å². The summed E-state index contributed by atoms with van der Waals surface area (Å²) in [7, 11) is 0. The zero-order chi connectivity index (χ0) is 18.4. The highest BCUT2D eigenvalue weighted by Gasteiger charge is 2.31. The van der Waals surface area contributed by atoms with Gasteiger partial charge in [-0.2, -0.15) is 13.2 Å². The molecule has 4 nitrogen and oxygen atoms in total. The Morgan fingerprint density at radius 3 is 2.48 bits per heavy atom. The van der Waals surface area contributed by atoms with Gasteiger partial charge in [-0.15, -0.1) is 0 Å². The maximum atomic E-state index is 12.2. The molecule has 0 aromatic heterocycles. The lowest BCUT2D eigenvalue weighted by Crippen LogP contribution is -2.44. The van der Waals surface area contributed by atoms with Crippen molar-refractivity contribution in [1.82, 2.24) is 10.2 Å². The van der Waals surface area contributed by atoms with E-state index in [0.717, 1.165) is 5.56 Å². The standard InChI is InChI=1S/C17H18ClF3N2O2/c18-14-4-2-1-3-12(14)5-6-15(24)23-9-7-13(8-10-23)16(25)22-11-17(19,20)21/h1-6,13H,7-11H2,(H,22,25)/b6-5+. The Kier molecular flexibility index (Phi) is 6.47. The molecule has 1 aliphatic heterocycles. The Labute approximate surface area is 148 Å². The van der Waals surface area contributed by atoms with Crippen molar-refractivity contribution in [3.8, 4) is 0 Å². The highest BCUT2D eigenvalue weighted by molar-refractivity contribution is 6.32. The summed E-state index contributed by atoms with van der Waals surface area (Å²) in [5.41, 5.74) is 0.721. The Bertz CT molecular complexity index is 654. The largest absolute Gasteiger partial charge is 0.405 e. The molecule has 1 fully saturated rings. The molecule has 2 amide bonds. The molecule has 0 atom stereocenters. The molecule has 8 heteroatoms. The molecular formula is C17H18ClF3N2O2. The van der Waals surface area contributed by atoms with Gasteiger partial charge in [0.15, 0.2) is 0 Å². The number of benzene rings is 1. The highest BCUT2D eigenvalue weighted by atomic mass is 35.5. The molecule has 1 aliphatic rings. The van der Waals surface area contributed by atoms with Gasteiger partial charge in [0.25, 0.3) is 0 Å². The van der Waals surface area contributed by atoms with Crippen LogP contribution in [-0.2, 0) is 9.59 Å². The first-order chi connectivity index (χ1) is 11.8. The molecule has 0 spiro atoms. The van der Waals surface area contributed by atoms with Crippen molar-refractivity contribution >= 4 is 29.5 Å². The van der Waals surface area contributed by atoms with Gasteiger partial charge in [0.1, 0.15) is 6.54 Å². The second-order valence-electron chi connectivity index (χ2n) is 5.79. The first-order valence-corrected chi connectivity index (χ1v) is 8.20. The summed E-state index contributed by atoms with van der Waals surface area (Å²) in [6.45, 7) is -0.669. The number of hydrogen-bond donors (Lipinski definition) is 1. The number of carbonyl (C=O) groups excluding carboxylic acids is 2. The van der Waals surface area contributed by atoms with Crippen LogP contribution in [0, 0.1) is 5.92 Å². The van der Waals surface area contributed by atoms with Gasteiger partial charge in [0, 0.05) is 30.1 Å². The molecule has 1 N–H and O–H groups in total. The molecule has 25 heavy (non-hydrogen) atoms. The normalized spacial score (nSPS) is 16.2. The molecule has 0 bridgehead atoms. The predicted octanol–water partition coefficient (Wildman–Crippen LogP) is 3.27. The number of hydrogen-bond acceptors (Lipinski definition) is 2. The van der Waals surface area contributed by atoms with Crippen LogP contribution < -0.4 is 5.32 Å². The van der Waals surface area contributed by atoms with Gasteiger partial charge >= 0.3 is 6.18 Å². The fourth-order valence-electron chi connectivity index (χ4n) is 2.57. The minimum atomic E-state index is -4.42. The van der Waals surface area contributed by atoms with Gasteiger partial charge in [-0.3, -0.25) is 9.59 Å². The lowest BCUT2D eigenvalue weighted by atomic mass is 9.96. The summed E-state index contributed by atoms with van der Waals surface area (Å²) in [6, 6.07) is 7.09. The van der Waals surface area contributed by atoms with Crippen molar-refractivity contribution in [1.29, 1.82) is 0 Å². The van der Waals surface area contributed by atoms with Crippen molar-refractivity contribution in [3.63, 3.8) is 0 Å². The summed E-state index contributed by atoms with van der Waals surface area (Å²) in [6.07, 6.45) is -0.710. The van der Waals surface area contributed by atoms with E-state index in [1.807, 2.05) is 5.32 Å². The third-order valence-corrected chi connectivity index (χ3v) is 4.30. The number of nitrogens with zero attached hydrogens (tertiary/aromatic N) is 1. The summed E-state index contributed by atoms with van der Waals surface area (Å²) >= 11 is 6.01. The second kappa shape index (κ2) is 8.38. The van der Waals surface area contributed by atoms with Crippen molar-refractivity contribution < 1.29 is 22.8 Å². The summed E-state index contributed by atoms with van der Waals surface area (Å²) in [5, 5.41) is 2.43. The van der Waals surface area contributed by atoms with E-state index in [2.05, 4.69) is 0 Å². The van der Waals surface area contributed by atoms with Crippen LogP contribution in [0.3, 0.4) is 0 Å². The Balaban J connectivity index is 1.82. The number of nitrogens with one attached hydrogen (secondary N) is 1. The molecule has 0 aliphatic carbocycles. The molecule has 136 valence electrons. The van der Waals surface area contributed by atoms with Crippen LogP contribution in [-0.4, -0.2) is 42.5 Å². The summed E-state index contributed by atoms with van der Waals surface area (Å²) in [4.78, 5) is 25.5. The minimum Gasteiger partial charge on any atom is -0.347 e. The van der Waals surface area contributed by atoms with Crippen LogP contribution in [0.5, 0.6) is 0 Å². The molecular weight excluding hydrogens is 357 g/mol. The van der Waals surface area contributed by atoms with E-state index in [1.165, 1.54) is 6.08 Å². The Hall–Kier alpha value is -2.02. The molecule has 0 unspecified atom stereocenters. The smallest absolute Gasteiger partial charge is 0.347 e. The number of likely N-dealkylation sites (tertiary alicyclic amines) is 1. The van der Waals surface area contributed by atoms with E-state index in [-0.39, 0.29) is 5.91 Å². The molecule has 1 heterocycles. The van der Waals surface area contributed by atoms with E-state index < -0.39 is 24.5 Å². The molecule has 1 saturated heterocycles. The van der Waals surface area contributed by atoms with Crippen LogP contribution in [0.4, 0.5) is 13.2 Å². The molecule has 1 aromatic carbocycles. The zero-order valence-corrected chi connectivity index (χ0v) is 14.1. The third kappa shape index (κ3) is 6.08. The maximum Gasteiger partial charge on any atom is 0.405 e. The monoisotopic (exact) mass is 374 g/mol. The fourth-order valence-corrected chi connectivity index (χ4v) is 2.77. The van der Waals surface area contributed by atoms with Crippen LogP contribution in [0.2, 0.25) is 5.02 Å². The number of alkyl halides is 3. The van der Waals surface area contributed by atoms with Crippen LogP contribution in [0.15, 0.2) is 30.3 Å². The second-order valence-corrected chi connectivity index (χ2v) is 6.19. The summed E-state index contributed by atoms with van der Waals surface area (Å²) in [5.74, 6) is -1.33. The number of piperidine rings is 1. The van der Waals surface area contributed by atoms with Crippen LogP contribution in [0.25, 0.3) is 6.08 Å². The number of rotatable bonds is 4. The van der Waals surface area contributed by atoms with Crippen molar-refractivity contribution in [2.75, 3.05) is 19.6 Å². The Morgan fingerprint density at radius 1 is 1.24 bits per heavy atom. The topological polar surface area (TPSA) is 49.4 Å². The average molecular weight is 375 g/mol. The van der Waals surface area contributed by atoms with Crippen molar-refractivity contribution in [3.05, 3.63) is 40.9 Å². The fraction of sp³-hybridized carbons (Fsp3) is 0.412. The number of amides is 2. The molecule has 1 aromatic rings. The zero-order valence-electron chi connectivity index (χ0n) is 13.4. The molecule has 0 saturated carbocycles. The van der Waals surface area contributed by atoms with E-state index >= 15 is 0 Å². The van der Waals surface area contributed by atoms with Crippen LogP contribution in [0.1, 0.15) is 18.4 Å². The van der Waals surface area contributed by atoms with Gasteiger partial charge in [0.05, 0.1) is 0 Å². The van der Waals surface area contributed by atoms with Gasteiger partial charge < -0.3 is 10.2 Å². The maximum absolute atomic E-state index is 12.2. The van der Waals surface area contributed by atoms with Gasteiger partial charge in [-0.1, -0.05) is 29.8 Å². The third-order valence-electron chi connectivity index (χ3n) is 3.95. The highest BCUT2D eigenvalue weighted by Crippen LogP contribution is 2.20. The molecule has 0 radical (unpaired) electrons. The SMILES string of the molecule is O=C(NCC(F)(F)F)C1CCN(C(=O)/C=C/c2ccccc2Cl)CC1.